The molecule has 2 aromatic rings. The summed E-state index contributed by atoms with van der Waals surface area (Å²) in [5.41, 5.74) is 2.16. The summed E-state index contributed by atoms with van der Waals surface area (Å²) in [7, 11) is 2.35. The van der Waals surface area contributed by atoms with Gasteiger partial charge in [-0.2, -0.15) is 0 Å². The number of hydrogen-bond acceptors (Lipinski definition) is 6. The average Bonchev–Trinajstić information content (AvgIpc) is 3.19. The lowest BCUT2D eigenvalue weighted by atomic mass is 10.3. The molecule has 0 bridgehead atoms. The predicted molar refractivity (Wildman–Crippen MR) is 118 cm³/mol. The molecule has 0 radical (unpaired) electrons. The first-order valence-electron chi connectivity index (χ1n) is 9.54. The van der Waals surface area contributed by atoms with Crippen LogP contribution in [0.2, 0.25) is 0 Å². The Balaban J connectivity index is 1.90. The number of benzene rings is 2. The Labute approximate surface area is 173 Å². The number of rotatable bonds is 8. The van der Waals surface area contributed by atoms with Gasteiger partial charge in [-0.15, -0.1) is 0 Å². The molecule has 154 valence electrons. The monoisotopic (exact) mass is 414 g/mol. The number of ether oxygens (including phenoxy) is 3. The van der Waals surface area contributed by atoms with E-state index in [0.29, 0.717) is 6.61 Å². The molecule has 0 N–H and O–H groups in total. The van der Waals surface area contributed by atoms with Crippen molar-refractivity contribution in [3.8, 4) is 11.5 Å². The number of esters is 1. The second kappa shape index (κ2) is 9.66. The second-order valence-corrected chi connectivity index (χ2v) is 8.66. The highest BCUT2D eigenvalue weighted by molar-refractivity contribution is 7.65. The zero-order chi connectivity index (χ0) is 20.8. The predicted octanol–water partition coefficient (Wildman–Crippen LogP) is 4.81. The van der Waals surface area contributed by atoms with E-state index in [1.165, 1.54) is 0 Å². The van der Waals surface area contributed by atoms with E-state index in [-0.39, 0.29) is 12.4 Å². The van der Waals surface area contributed by atoms with Crippen LogP contribution >= 0.6 is 8.22 Å². The maximum atomic E-state index is 12.1. The quantitative estimate of drug-likeness (QED) is 0.457. The summed E-state index contributed by atoms with van der Waals surface area (Å²) in [6.07, 6.45) is 0.207. The van der Waals surface area contributed by atoms with E-state index in [1.54, 1.807) is 14.2 Å². The van der Waals surface area contributed by atoms with Crippen LogP contribution in [0.15, 0.2) is 60.4 Å². The van der Waals surface area contributed by atoms with Gasteiger partial charge in [-0.05, 0) is 60.8 Å². The molecule has 3 rings (SSSR count). The van der Waals surface area contributed by atoms with Crippen molar-refractivity contribution in [2.24, 2.45) is 0 Å². The lowest BCUT2D eigenvalue weighted by Gasteiger charge is -2.33. The first kappa shape index (κ1) is 21.0. The molecule has 0 aliphatic carbocycles. The second-order valence-electron chi connectivity index (χ2n) is 6.48. The molecule has 1 aliphatic rings. The fraction of sp³-hybridized carbons (Fsp3) is 0.318. The highest BCUT2D eigenvalue weighted by atomic mass is 31.1. The molecule has 1 heterocycles. The highest BCUT2D eigenvalue weighted by Gasteiger charge is 2.36. The van der Waals surface area contributed by atoms with Gasteiger partial charge in [0.2, 0.25) is 0 Å². The Morgan fingerprint density at radius 2 is 1.38 bits per heavy atom. The van der Waals surface area contributed by atoms with Gasteiger partial charge in [-0.3, -0.25) is 4.79 Å². The van der Waals surface area contributed by atoms with Gasteiger partial charge < -0.3 is 23.6 Å². The molecule has 1 fully saturated rings. The fourth-order valence-corrected chi connectivity index (χ4v) is 5.76. The molecule has 0 spiro atoms. The number of nitrogens with zero attached hydrogens (tertiary/aromatic N) is 2. The molecule has 6 nitrogen and oxygen atoms in total. The zero-order valence-electron chi connectivity index (χ0n) is 17.1. The summed E-state index contributed by atoms with van der Waals surface area (Å²) in [6, 6.07) is 16.0. The first-order chi connectivity index (χ1) is 14.1. The largest absolute Gasteiger partial charge is 0.497 e. The lowest BCUT2D eigenvalue weighted by Crippen LogP contribution is -2.17. The topological polar surface area (TPSA) is 51.2 Å². The van der Waals surface area contributed by atoms with Crippen LogP contribution in [0.25, 0.3) is 0 Å². The van der Waals surface area contributed by atoms with Crippen molar-refractivity contribution in [3.05, 3.63) is 60.4 Å². The minimum absolute atomic E-state index is 0.207. The number of hydrogen-bond donors (Lipinski definition) is 0. The summed E-state index contributed by atoms with van der Waals surface area (Å²) in [6.45, 7) is 8.14. The Morgan fingerprint density at radius 3 is 1.76 bits per heavy atom. The molecule has 0 amide bonds. The Hall–Kier alpha value is -2.72. The zero-order valence-corrected chi connectivity index (χ0v) is 18.0. The van der Waals surface area contributed by atoms with Gasteiger partial charge in [0.25, 0.3) is 0 Å². The molecule has 2 aromatic carbocycles. The van der Waals surface area contributed by atoms with Crippen LogP contribution in [0.3, 0.4) is 0 Å². The Kier molecular flexibility index (Phi) is 6.99. The fourth-order valence-electron chi connectivity index (χ4n) is 3.29. The number of methoxy groups -OCH3 is 2. The molecule has 0 atom stereocenters. The van der Waals surface area contributed by atoms with Crippen LogP contribution in [-0.2, 0) is 9.53 Å². The van der Waals surface area contributed by atoms with E-state index < -0.39 is 8.22 Å². The maximum Gasteiger partial charge on any atom is 0.310 e. The molecule has 0 unspecified atom stereocenters. The molecular weight excluding hydrogens is 387 g/mol. The van der Waals surface area contributed by atoms with Crippen LogP contribution in [0.5, 0.6) is 11.5 Å². The van der Waals surface area contributed by atoms with E-state index in [4.69, 9.17) is 14.2 Å². The van der Waals surface area contributed by atoms with Crippen molar-refractivity contribution in [1.29, 1.82) is 0 Å². The third-order valence-corrected chi connectivity index (χ3v) is 7.16. The van der Waals surface area contributed by atoms with Gasteiger partial charge in [-0.1, -0.05) is 6.58 Å². The molecule has 1 saturated heterocycles. The van der Waals surface area contributed by atoms with E-state index in [0.717, 1.165) is 41.3 Å². The van der Waals surface area contributed by atoms with Crippen LogP contribution in [-0.4, -0.2) is 39.9 Å². The third kappa shape index (κ3) is 4.83. The first-order valence-corrected chi connectivity index (χ1v) is 10.8. The molecular formula is C22H27N2O4P. The van der Waals surface area contributed by atoms with Gasteiger partial charge in [-0.25, -0.2) is 0 Å². The van der Waals surface area contributed by atoms with Crippen molar-refractivity contribution in [1.82, 2.24) is 0 Å². The number of carbonyl (C=O) groups is 1. The van der Waals surface area contributed by atoms with Gasteiger partial charge in [0.1, 0.15) is 19.7 Å². The minimum atomic E-state index is -0.967. The van der Waals surface area contributed by atoms with Crippen LogP contribution in [0.1, 0.15) is 13.3 Å². The normalized spacial score (nSPS) is 14.0. The third-order valence-electron chi connectivity index (χ3n) is 4.66. The van der Waals surface area contributed by atoms with E-state index in [9.17, 15) is 4.79 Å². The van der Waals surface area contributed by atoms with Gasteiger partial charge in [0, 0.05) is 24.5 Å². The van der Waals surface area contributed by atoms with E-state index in [1.807, 2.05) is 55.5 Å². The summed E-state index contributed by atoms with van der Waals surface area (Å²) in [5.74, 6) is 1.39. The van der Waals surface area contributed by atoms with Crippen molar-refractivity contribution in [2.75, 3.05) is 43.3 Å². The van der Waals surface area contributed by atoms with Gasteiger partial charge in [0.15, 0.2) is 0 Å². The van der Waals surface area contributed by atoms with Gasteiger partial charge in [0.05, 0.1) is 27.2 Å². The molecule has 0 aromatic heterocycles. The van der Waals surface area contributed by atoms with Crippen LogP contribution < -0.4 is 18.8 Å². The SMILES string of the molecule is C=C(CC(=O)OCC)P1N(c2ccc(OC)cc2)CCN1c1ccc(OC)cc1. The smallest absolute Gasteiger partial charge is 0.310 e. The van der Waals surface area contributed by atoms with E-state index >= 15 is 0 Å². The lowest BCUT2D eigenvalue weighted by molar-refractivity contribution is -0.142. The highest BCUT2D eigenvalue weighted by Crippen LogP contribution is 2.59. The minimum Gasteiger partial charge on any atom is -0.497 e. The van der Waals surface area contributed by atoms with E-state index in [2.05, 4.69) is 15.9 Å². The molecule has 0 saturated carbocycles. The number of anilines is 2. The standard InChI is InChI=1S/C22H27N2O4P/c1-5-28-22(25)16-17(2)29-23(18-6-10-20(26-3)11-7-18)14-15-24(29)19-8-12-21(27-4)13-9-19/h6-13H,2,5,14-16H2,1,3-4H3. The molecule has 7 heteroatoms. The maximum absolute atomic E-state index is 12.1. The summed E-state index contributed by atoms with van der Waals surface area (Å²) in [4.78, 5) is 12.1. The van der Waals surface area contributed by atoms with Crippen LogP contribution in [0, 0.1) is 0 Å². The molecule has 1 aliphatic heterocycles. The number of carbonyl (C=O) groups excluding carboxylic acids is 1. The molecule has 29 heavy (non-hydrogen) atoms. The Morgan fingerprint density at radius 1 is 0.931 bits per heavy atom. The summed E-state index contributed by atoms with van der Waals surface area (Å²) in [5, 5.41) is 0.864. The average molecular weight is 414 g/mol. The van der Waals surface area contributed by atoms with Crippen molar-refractivity contribution in [3.63, 3.8) is 0 Å². The Bertz CT molecular complexity index is 783. The van der Waals surface area contributed by atoms with Crippen molar-refractivity contribution >= 4 is 25.6 Å². The summed E-state index contributed by atoms with van der Waals surface area (Å²) >= 11 is 0. The summed E-state index contributed by atoms with van der Waals surface area (Å²) < 4.78 is 20.4. The van der Waals surface area contributed by atoms with Crippen molar-refractivity contribution < 1.29 is 19.0 Å². The van der Waals surface area contributed by atoms with Gasteiger partial charge >= 0.3 is 5.97 Å². The van der Waals surface area contributed by atoms with Crippen LogP contribution in [0.4, 0.5) is 11.4 Å². The van der Waals surface area contributed by atoms with Crippen molar-refractivity contribution in [2.45, 2.75) is 13.3 Å².